The summed E-state index contributed by atoms with van der Waals surface area (Å²) in [4.78, 5) is 2.49. The molecule has 1 atom stereocenters. The molecule has 1 aromatic rings. The van der Waals surface area contributed by atoms with Gasteiger partial charge in [-0.05, 0) is 25.4 Å². The predicted molar refractivity (Wildman–Crippen MR) is 83.6 cm³/mol. The first-order valence-electron chi connectivity index (χ1n) is 8.01. The maximum Gasteiger partial charge on any atom is 0.0964 e. The standard InChI is InChI=1S/C15H31N5/c1-5-8-16-11-15-13-20(18-17-15)10-9-19(7-3)12-14(4)6-2/h13-14,16H,5-12H2,1-4H3. The highest BCUT2D eigenvalue weighted by atomic mass is 15.4. The van der Waals surface area contributed by atoms with E-state index in [0.29, 0.717) is 0 Å². The molecule has 5 nitrogen and oxygen atoms in total. The lowest BCUT2D eigenvalue weighted by Gasteiger charge is -2.23. The summed E-state index contributed by atoms with van der Waals surface area (Å²) in [6, 6.07) is 0. The highest BCUT2D eigenvalue weighted by Gasteiger charge is 2.08. The van der Waals surface area contributed by atoms with Crippen molar-refractivity contribution < 1.29 is 0 Å². The van der Waals surface area contributed by atoms with Crippen molar-refractivity contribution >= 4 is 0 Å². The summed E-state index contributed by atoms with van der Waals surface area (Å²) in [6.07, 6.45) is 4.45. The molecule has 0 bridgehead atoms. The summed E-state index contributed by atoms with van der Waals surface area (Å²) in [6.45, 7) is 15.1. The van der Waals surface area contributed by atoms with Crippen molar-refractivity contribution in [1.29, 1.82) is 0 Å². The van der Waals surface area contributed by atoms with Gasteiger partial charge in [-0.2, -0.15) is 0 Å². The zero-order chi connectivity index (χ0) is 14.8. The number of rotatable bonds is 11. The third-order valence-electron chi connectivity index (χ3n) is 3.68. The maximum atomic E-state index is 4.20. The minimum atomic E-state index is 0.763. The second kappa shape index (κ2) is 9.88. The number of hydrogen-bond donors (Lipinski definition) is 1. The highest BCUT2D eigenvalue weighted by molar-refractivity contribution is 4.91. The summed E-state index contributed by atoms with van der Waals surface area (Å²) >= 11 is 0. The highest BCUT2D eigenvalue weighted by Crippen LogP contribution is 2.04. The fraction of sp³-hybridized carbons (Fsp3) is 0.867. The smallest absolute Gasteiger partial charge is 0.0964 e. The molecule has 0 spiro atoms. The number of likely N-dealkylation sites (N-methyl/N-ethyl adjacent to an activating group) is 1. The molecule has 0 amide bonds. The largest absolute Gasteiger partial charge is 0.311 e. The first kappa shape index (κ1) is 17.1. The van der Waals surface area contributed by atoms with Gasteiger partial charge < -0.3 is 10.2 Å². The first-order valence-corrected chi connectivity index (χ1v) is 8.01. The molecule has 0 saturated heterocycles. The summed E-state index contributed by atoms with van der Waals surface area (Å²) < 4.78 is 1.96. The van der Waals surface area contributed by atoms with Crippen molar-refractivity contribution in [2.24, 2.45) is 5.92 Å². The van der Waals surface area contributed by atoms with Crippen LogP contribution in [-0.4, -0.2) is 46.1 Å². The van der Waals surface area contributed by atoms with E-state index in [0.717, 1.165) is 50.8 Å². The van der Waals surface area contributed by atoms with Gasteiger partial charge in [-0.25, -0.2) is 0 Å². The number of hydrogen-bond acceptors (Lipinski definition) is 4. The van der Waals surface area contributed by atoms with Crippen LogP contribution in [0.25, 0.3) is 0 Å². The first-order chi connectivity index (χ1) is 9.69. The van der Waals surface area contributed by atoms with Gasteiger partial charge >= 0.3 is 0 Å². The van der Waals surface area contributed by atoms with Crippen LogP contribution in [0.4, 0.5) is 0 Å². The Morgan fingerprint density at radius 1 is 1.35 bits per heavy atom. The van der Waals surface area contributed by atoms with Crippen LogP contribution in [0.15, 0.2) is 6.20 Å². The van der Waals surface area contributed by atoms with Gasteiger partial charge in [0.2, 0.25) is 0 Å². The van der Waals surface area contributed by atoms with Crippen molar-refractivity contribution in [2.45, 2.75) is 53.6 Å². The molecular formula is C15H31N5. The van der Waals surface area contributed by atoms with Gasteiger partial charge in [-0.15, -0.1) is 5.10 Å². The van der Waals surface area contributed by atoms with E-state index in [1.165, 1.54) is 13.0 Å². The van der Waals surface area contributed by atoms with Gasteiger partial charge in [0.25, 0.3) is 0 Å². The van der Waals surface area contributed by atoms with Crippen molar-refractivity contribution in [2.75, 3.05) is 26.2 Å². The fourth-order valence-corrected chi connectivity index (χ4v) is 2.11. The molecule has 1 rings (SSSR count). The minimum Gasteiger partial charge on any atom is -0.311 e. The normalized spacial score (nSPS) is 13.1. The van der Waals surface area contributed by atoms with E-state index in [9.17, 15) is 0 Å². The summed E-state index contributed by atoms with van der Waals surface area (Å²) in [5, 5.41) is 11.7. The van der Waals surface area contributed by atoms with Gasteiger partial charge in [0.05, 0.1) is 12.2 Å². The van der Waals surface area contributed by atoms with Crippen LogP contribution in [0.1, 0.15) is 46.2 Å². The molecular weight excluding hydrogens is 250 g/mol. The molecule has 0 saturated carbocycles. The Bertz CT molecular complexity index is 350. The molecule has 0 aromatic carbocycles. The summed E-state index contributed by atoms with van der Waals surface area (Å²) in [5.74, 6) is 0.763. The lowest BCUT2D eigenvalue weighted by molar-refractivity contribution is 0.233. The molecule has 0 aliphatic heterocycles. The minimum absolute atomic E-state index is 0.763. The zero-order valence-corrected chi connectivity index (χ0v) is 13.6. The lowest BCUT2D eigenvalue weighted by Crippen LogP contribution is -2.31. The molecule has 0 fully saturated rings. The topological polar surface area (TPSA) is 46.0 Å². The quantitative estimate of drug-likeness (QED) is 0.631. The Balaban J connectivity index is 2.32. The molecule has 116 valence electrons. The Morgan fingerprint density at radius 3 is 2.80 bits per heavy atom. The van der Waals surface area contributed by atoms with E-state index < -0.39 is 0 Å². The van der Waals surface area contributed by atoms with Crippen molar-refractivity contribution in [3.05, 3.63) is 11.9 Å². The number of nitrogens with one attached hydrogen (secondary N) is 1. The molecule has 0 aliphatic carbocycles. The van der Waals surface area contributed by atoms with Crippen LogP contribution in [0, 0.1) is 5.92 Å². The van der Waals surface area contributed by atoms with Crippen molar-refractivity contribution in [3.63, 3.8) is 0 Å². The monoisotopic (exact) mass is 281 g/mol. The van der Waals surface area contributed by atoms with E-state index in [1.54, 1.807) is 0 Å². The predicted octanol–water partition coefficient (Wildman–Crippen LogP) is 2.15. The third-order valence-corrected chi connectivity index (χ3v) is 3.68. The Labute approximate surface area is 123 Å². The van der Waals surface area contributed by atoms with Crippen LogP contribution in [0.2, 0.25) is 0 Å². The zero-order valence-electron chi connectivity index (χ0n) is 13.6. The SMILES string of the molecule is CCCNCc1cn(CCN(CC)CC(C)CC)nn1. The van der Waals surface area contributed by atoms with E-state index in [2.05, 4.69) is 54.4 Å². The maximum absolute atomic E-state index is 4.20. The second-order valence-electron chi connectivity index (χ2n) is 5.56. The molecule has 20 heavy (non-hydrogen) atoms. The number of aromatic nitrogens is 3. The molecule has 0 aliphatic rings. The van der Waals surface area contributed by atoms with Gasteiger partial charge in [0.15, 0.2) is 0 Å². The van der Waals surface area contributed by atoms with E-state index in [1.807, 2.05) is 4.68 Å². The van der Waals surface area contributed by atoms with E-state index in [-0.39, 0.29) is 0 Å². The number of nitrogens with zero attached hydrogens (tertiary/aromatic N) is 4. The van der Waals surface area contributed by atoms with E-state index in [4.69, 9.17) is 0 Å². The molecule has 0 radical (unpaired) electrons. The van der Waals surface area contributed by atoms with Crippen LogP contribution >= 0.6 is 0 Å². The van der Waals surface area contributed by atoms with Gasteiger partial charge in [-0.1, -0.05) is 39.3 Å². The molecule has 1 heterocycles. The third kappa shape index (κ3) is 6.48. The average Bonchev–Trinajstić information content (AvgIpc) is 2.91. The van der Waals surface area contributed by atoms with Crippen molar-refractivity contribution in [3.8, 4) is 0 Å². The lowest BCUT2D eigenvalue weighted by atomic mass is 10.1. The van der Waals surface area contributed by atoms with Gasteiger partial charge in [-0.3, -0.25) is 4.68 Å². The van der Waals surface area contributed by atoms with E-state index >= 15 is 0 Å². The van der Waals surface area contributed by atoms with Gasteiger partial charge in [0.1, 0.15) is 0 Å². The Hall–Kier alpha value is -0.940. The Morgan fingerprint density at radius 2 is 2.15 bits per heavy atom. The van der Waals surface area contributed by atoms with Crippen LogP contribution in [0.3, 0.4) is 0 Å². The average molecular weight is 281 g/mol. The molecule has 1 aromatic heterocycles. The summed E-state index contributed by atoms with van der Waals surface area (Å²) in [7, 11) is 0. The van der Waals surface area contributed by atoms with Crippen LogP contribution < -0.4 is 5.32 Å². The summed E-state index contributed by atoms with van der Waals surface area (Å²) in [5.41, 5.74) is 1.03. The van der Waals surface area contributed by atoms with Gasteiger partial charge in [0, 0.05) is 25.8 Å². The Kier molecular flexibility index (Phi) is 8.46. The molecule has 1 N–H and O–H groups in total. The second-order valence-corrected chi connectivity index (χ2v) is 5.56. The van der Waals surface area contributed by atoms with Crippen LogP contribution in [0.5, 0.6) is 0 Å². The molecule has 5 heteroatoms. The fourth-order valence-electron chi connectivity index (χ4n) is 2.11. The molecule has 1 unspecified atom stereocenters. The van der Waals surface area contributed by atoms with Crippen molar-refractivity contribution in [1.82, 2.24) is 25.2 Å². The van der Waals surface area contributed by atoms with Crippen LogP contribution in [-0.2, 0) is 13.1 Å².